The second-order valence-corrected chi connectivity index (χ2v) is 20.4. The van der Waals surface area contributed by atoms with Crippen LogP contribution in [0.4, 0.5) is 0 Å². The number of carbonyl (C=O) groups excluding carboxylic acids is 4. The van der Waals surface area contributed by atoms with Gasteiger partial charge in [0.05, 0.1) is 43.6 Å². The van der Waals surface area contributed by atoms with Crippen molar-refractivity contribution in [3.63, 3.8) is 0 Å². The Morgan fingerprint density at radius 2 is 1.54 bits per heavy atom. The Morgan fingerprint density at radius 1 is 0.845 bits per heavy atom. The van der Waals surface area contributed by atoms with Gasteiger partial charge >= 0.3 is 0 Å². The van der Waals surface area contributed by atoms with Crippen molar-refractivity contribution in [2.45, 2.75) is 157 Å². The summed E-state index contributed by atoms with van der Waals surface area (Å²) >= 11 is 1.52. The van der Waals surface area contributed by atoms with Crippen molar-refractivity contribution in [2.75, 3.05) is 13.1 Å². The second kappa shape index (κ2) is 24.4. The van der Waals surface area contributed by atoms with E-state index in [4.69, 9.17) is 10.5 Å². The number of rotatable bonds is 22. The van der Waals surface area contributed by atoms with Crippen molar-refractivity contribution in [1.82, 2.24) is 55.5 Å². The minimum atomic E-state index is -0.951. The molecule has 378 valence electrons. The number of nitrogens with one attached hydrogen (secondary N) is 3. The van der Waals surface area contributed by atoms with Gasteiger partial charge in [-0.15, -0.1) is 5.10 Å². The summed E-state index contributed by atoms with van der Waals surface area (Å²) < 4.78 is 9.93. The first-order valence-electron chi connectivity index (χ1n) is 25.4. The molecular formula is C53H70N12O5S. The number of nitrogens with zero attached hydrogens (tertiary/aromatic N) is 8. The molecule has 71 heavy (non-hydrogen) atoms. The maximum absolute atomic E-state index is 14.9. The monoisotopic (exact) mass is 987 g/mol. The molecule has 5 aromatic rings. The molecule has 0 aliphatic carbocycles. The van der Waals surface area contributed by atoms with Gasteiger partial charge < -0.3 is 36.2 Å². The molecule has 8 rings (SSSR count). The third kappa shape index (κ3) is 12.8. The molecule has 17 nitrogen and oxygen atoms in total. The number of amides is 4. The van der Waals surface area contributed by atoms with Crippen LogP contribution in [0.15, 0.2) is 114 Å². The molecule has 0 bridgehead atoms. The summed E-state index contributed by atoms with van der Waals surface area (Å²) in [5, 5.41) is 24.1. The van der Waals surface area contributed by atoms with E-state index in [1.165, 1.54) is 18.1 Å². The van der Waals surface area contributed by atoms with Gasteiger partial charge in [-0.2, -0.15) is 5.10 Å². The van der Waals surface area contributed by atoms with E-state index in [1.807, 2.05) is 102 Å². The number of nitrogens with two attached hydrogens (primary N) is 1. The van der Waals surface area contributed by atoms with Gasteiger partial charge in [-0.05, 0) is 81.5 Å². The molecule has 18 heteroatoms. The number of carbonyl (C=O) groups is 4. The normalized spacial score (nSPS) is 21.9. The predicted molar refractivity (Wildman–Crippen MR) is 270 cm³/mol. The van der Waals surface area contributed by atoms with Gasteiger partial charge in [0.1, 0.15) is 24.1 Å². The number of fused-ring (bicyclic) bond motifs is 1. The van der Waals surface area contributed by atoms with Crippen LogP contribution in [0.2, 0.25) is 0 Å². The minimum Gasteiger partial charge on any atom is -0.369 e. The fraction of sp³-hybridized carbons (Fsp3) is 0.509. The van der Waals surface area contributed by atoms with Crippen molar-refractivity contribution in [3.8, 4) is 0 Å². The lowest BCUT2D eigenvalue weighted by molar-refractivity contribution is -0.143. The Kier molecular flexibility index (Phi) is 17.7. The zero-order valence-corrected chi connectivity index (χ0v) is 42.2. The van der Waals surface area contributed by atoms with Crippen molar-refractivity contribution in [1.29, 1.82) is 0 Å². The molecule has 5 heterocycles. The predicted octanol–water partition coefficient (Wildman–Crippen LogP) is 5.52. The van der Waals surface area contributed by atoms with E-state index in [0.29, 0.717) is 51.1 Å². The molecule has 0 radical (unpaired) electrons. The Labute approximate surface area is 421 Å². The second-order valence-electron chi connectivity index (χ2n) is 19.3. The SMILES string of the molecule is CC[C@@H](C)C(=O)N[C@H](C(=O)N1CCC[C@H]1Cn1ncnc1Sc1ccccc1)C(C)OCc1cn(C[C@H]2CC[C@H]3CC[C@@H](CNC(c4ccccc4)c4ccccc4)N3C(=O)[C@H]2NC(=O)[C@@H](N)CC)nn1. The van der Waals surface area contributed by atoms with Gasteiger partial charge in [0, 0.05) is 48.4 Å². The summed E-state index contributed by atoms with van der Waals surface area (Å²) in [5.74, 6) is -1.47. The Hall–Kier alpha value is -5.95. The summed E-state index contributed by atoms with van der Waals surface area (Å²) in [4.78, 5) is 65.8. The number of hydrogen-bond donors (Lipinski definition) is 4. The fourth-order valence-corrected chi connectivity index (χ4v) is 11.0. The van der Waals surface area contributed by atoms with E-state index in [2.05, 4.69) is 60.6 Å². The summed E-state index contributed by atoms with van der Waals surface area (Å²) in [7, 11) is 0. The third-order valence-electron chi connectivity index (χ3n) is 14.6. The van der Waals surface area contributed by atoms with Crippen LogP contribution in [0.5, 0.6) is 0 Å². The van der Waals surface area contributed by atoms with Crippen LogP contribution in [0, 0.1) is 11.8 Å². The van der Waals surface area contributed by atoms with Crippen LogP contribution < -0.4 is 21.7 Å². The average molecular weight is 987 g/mol. The van der Waals surface area contributed by atoms with Gasteiger partial charge in [0.2, 0.25) is 23.6 Å². The lowest BCUT2D eigenvalue weighted by Crippen LogP contribution is -2.57. The molecule has 0 spiro atoms. The van der Waals surface area contributed by atoms with Crippen molar-refractivity contribution >= 4 is 35.4 Å². The largest absolute Gasteiger partial charge is 0.369 e. The Bertz CT molecular complexity index is 2470. The van der Waals surface area contributed by atoms with E-state index >= 15 is 0 Å². The summed E-state index contributed by atoms with van der Waals surface area (Å²) in [5.41, 5.74) is 9.06. The summed E-state index contributed by atoms with van der Waals surface area (Å²) in [6.07, 6.45) is 8.46. The number of likely N-dealkylation sites (tertiary alicyclic amines) is 1. The van der Waals surface area contributed by atoms with Crippen LogP contribution >= 0.6 is 11.8 Å². The highest BCUT2D eigenvalue weighted by molar-refractivity contribution is 7.99. The molecule has 4 amide bonds. The van der Waals surface area contributed by atoms with E-state index in [-0.39, 0.29) is 66.2 Å². The highest BCUT2D eigenvalue weighted by atomic mass is 32.2. The Balaban J connectivity index is 0.935. The molecule has 3 aliphatic heterocycles. The number of hydrogen-bond acceptors (Lipinski definition) is 12. The quantitative estimate of drug-likeness (QED) is 0.0677. The molecule has 2 aromatic heterocycles. The number of benzene rings is 3. The van der Waals surface area contributed by atoms with E-state index in [9.17, 15) is 19.2 Å². The van der Waals surface area contributed by atoms with Gasteiger partial charge in [-0.3, -0.25) is 23.9 Å². The molecule has 3 aliphatic rings. The topological polar surface area (TPSA) is 208 Å². The molecule has 3 saturated heterocycles. The summed E-state index contributed by atoms with van der Waals surface area (Å²) in [6, 6.07) is 27.9. The molecule has 9 atom stereocenters. The fourth-order valence-electron chi connectivity index (χ4n) is 10.2. The zero-order valence-electron chi connectivity index (χ0n) is 41.4. The van der Waals surface area contributed by atoms with E-state index in [1.54, 1.807) is 17.8 Å². The van der Waals surface area contributed by atoms with Gasteiger partial charge in [-0.25, -0.2) is 9.67 Å². The standard InChI is InChI=1S/C53H70N12O5S/c1-5-35(3)49(66)58-46(51(68)63-28-16-21-43(63)32-64-53(56-34-57-64)71-44-22-14-9-15-23-44)36(4)70-33-40-31-62(61-60-40)30-39-24-25-41-26-27-42(65(41)52(69)48(39)59-50(67)45(54)6-2)29-55-47(37-17-10-7-11-18-37)38-19-12-8-13-20-38/h7-15,17-20,22-23,31,34-36,39,41-43,45-48,55H,5-6,16,21,24-30,32-33,54H2,1-4H3,(H,58,66)(H,59,67)/t35-,36?,39-,41+,42+,43+,45+,46+,48+/m1/s1. The molecule has 5 N–H and O–H groups in total. The summed E-state index contributed by atoms with van der Waals surface area (Å²) in [6.45, 7) is 9.40. The van der Waals surface area contributed by atoms with Crippen LogP contribution in [0.1, 0.15) is 102 Å². The smallest absolute Gasteiger partial charge is 0.248 e. The van der Waals surface area contributed by atoms with Crippen molar-refractivity contribution in [2.24, 2.45) is 17.6 Å². The highest BCUT2D eigenvalue weighted by Gasteiger charge is 2.46. The molecule has 3 fully saturated rings. The van der Waals surface area contributed by atoms with Gasteiger partial charge in [0.25, 0.3) is 0 Å². The maximum atomic E-state index is 14.9. The van der Waals surface area contributed by atoms with Crippen LogP contribution in [-0.4, -0.2) is 119 Å². The maximum Gasteiger partial charge on any atom is 0.248 e. The van der Waals surface area contributed by atoms with E-state index < -0.39 is 24.2 Å². The lowest BCUT2D eigenvalue weighted by Gasteiger charge is -2.34. The molecule has 3 aromatic carbocycles. The van der Waals surface area contributed by atoms with Gasteiger partial charge in [0.15, 0.2) is 5.16 Å². The van der Waals surface area contributed by atoms with Crippen LogP contribution in [0.25, 0.3) is 0 Å². The Morgan fingerprint density at radius 3 is 2.23 bits per heavy atom. The zero-order chi connectivity index (χ0) is 49.9. The number of ether oxygens (including phenoxy) is 1. The first-order valence-corrected chi connectivity index (χ1v) is 26.3. The minimum absolute atomic E-state index is 0.0270. The van der Waals surface area contributed by atoms with Crippen LogP contribution in [0.3, 0.4) is 0 Å². The highest BCUT2D eigenvalue weighted by Crippen LogP contribution is 2.35. The van der Waals surface area contributed by atoms with Crippen molar-refractivity contribution in [3.05, 3.63) is 120 Å². The van der Waals surface area contributed by atoms with Crippen molar-refractivity contribution < 1.29 is 23.9 Å². The van der Waals surface area contributed by atoms with E-state index in [0.717, 1.165) is 53.3 Å². The lowest BCUT2D eigenvalue weighted by atomic mass is 9.92. The number of aromatic nitrogens is 6. The third-order valence-corrected chi connectivity index (χ3v) is 15.6. The average Bonchev–Trinajstić information content (AvgIpc) is 4.23. The first kappa shape index (κ1) is 51.4. The van der Waals surface area contributed by atoms with Crippen LogP contribution in [-0.2, 0) is 43.6 Å². The molecule has 0 saturated carbocycles. The van der Waals surface area contributed by atoms with Gasteiger partial charge in [-0.1, -0.05) is 117 Å². The molecular weight excluding hydrogens is 917 g/mol. The molecule has 1 unspecified atom stereocenters. The first-order chi connectivity index (χ1) is 34.5.